The molecule has 1 aromatic rings. The van der Waals surface area contributed by atoms with E-state index in [9.17, 15) is 9.59 Å². The second kappa shape index (κ2) is 6.19. The number of carbonyl (C=O) groups excluding carboxylic acids is 2. The van der Waals surface area contributed by atoms with Gasteiger partial charge in [-0.15, -0.1) is 0 Å². The molecule has 0 bridgehead atoms. The van der Waals surface area contributed by atoms with E-state index in [-0.39, 0.29) is 31.1 Å². The van der Waals surface area contributed by atoms with Gasteiger partial charge in [0.15, 0.2) is 12.5 Å². The van der Waals surface area contributed by atoms with Crippen LogP contribution in [-0.4, -0.2) is 42.9 Å². The van der Waals surface area contributed by atoms with Gasteiger partial charge in [0, 0.05) is 7.11 Å². The number of nitrogens with zero attached hydrogens (tertiary/aromatic N) is 1. The minimum atomic E-state index is -0.515. The van der Waals surface area contributed by atoms with Crippen LogP contribution >= 0.6 is 0 Å². The average Bonchev–Trinajstić information content (AvgIpc) is 2.80. The molecule has 0 aliphatic carbocycles. The number of β-lactam (4-membered cyclic amide) rings is 1. The van der Waals surface area contributed by atoms with Gasteiger partial charge in [0.25, 0.3) is 0 Å². The second-order valence-corrected chi connectivity index (χ2v) is 5.12. The summed E-state index contributed by atoms with van der Waals surface area (Å²) in [5.41, 5.74) is 0.904. The van der Waals surface area contributed by atoms with Crippen LogP contribution in [0.25, 0.3) is 0 Å². The number of rotatable bonds is 5. The third-order valence-electron chi connectivity index (χ3n) is 3.66. The van der Waals surface area contributed by atoms with Crippen molar-refractivity contribution in [3.63, 3.8) is 0 Å². The Hall–Kier alpha value is -2.34. The lowest BCUT2D eigenvalue weighted by Crippen LogP contribution is -2.53. The van der Waals surface area contributed by atoms with E-state index in [0.29, 0.717) is 12.2 Å². The van der Waals surface area contributed by atoms with E-state index in [2.05, 4.69) is 0 Å². The third kappa shape index (κ3) is 2.82. The monoisotopic (exact) mass is 303 g/mol. The van der Waals surface area contributed by atoms with Crippen molar-refractivity contribution in [3.05, 3.63) is 47.7 Å². The Morgan fingerprint density at radius 2 is 2.18 bits per heavy atom. The normalized spacial score (nSPS) is 24.7. The van der Waals surface area contributed by atoms with Gasteiger partial charge >= 0.3 is 5.97 Å². The van der Waals surface area contributed by atoms with Crippen molar-refractivity contribution in [2.45, 2.75) is 25.3 Å². The summed E-state index contributed by atoms with van der Waals surface area (Å²) >= 11 is 0. The van der Waals surface area contributed by atoms with Crippen LogP contribution in [-0.2, 0) is 30.2 Å². The van der Waals surface area contributed by atoms with Crippen LogP contribution in [0.4, 0.5) is 0 Å². The Morgan fingerprint density at radius 3 is 2.86 bits per heavy atom. The molecule has 0 N–H and O–H groups in total. The maximum absolute atomic E-state index is 11.7. The van der Waals surface area contributed by atoms with Gasteiger partial charge in [0.1, 0.15) is 12.4 Å². The van der Waals surface area contributed by atoms with Gasteiger partial charge in [-0.2, -0.15) is 0 Å². The lowest BCUT2D eigenvalue weighted by molar-refractivity contribution is -0.165. The quantitative estimate of drug-likeness (QED) is 0.604. The zero-order chi connectivity index (χ0) is 15.5. The first-order valence-corrected chi connectivity index (χ1v) is 7.09. The van der Waals surface area contributed by atoms with Crippen LogP contribution in [0.1, 0.15) is 12.0 Å². The fraction of sp³-hybridized carbons (Fsp3) is 0.375. The van der Waals surface area contributed by atoms with Gasteiger partial charge in [-0.25, -0.2) is 0 Å². The highest BCUT2D eigenvalue weighted by Crippen LogP contribution is 2.36. The summed E-state index contributed by atoms with van der Waals surface area (Å²) in [5, 5.41) is 0. The molecule has 0 spiro atoms. The minimum absolute atomic E-state index is 0.00122. The number of methoxy groups -OCH3 is 1. The highest BCUT2D eigenvalue weighted by atomic mass is 16.6. The molecule has 22 heavy (non-hydrogen) atoms. The first kappa shape index (κ1) is 14.6. The van der Waals surface area contributed by atoms with E-state index in [0.717, 1.165) is 5.56 Å². The number of esters is 1. The Bertz CT molecular complexity index is 598. The second-order valence-electron chi connectivity index (χ2n) is 5.12. The molecular formula is C16H17NO5. The van der Waals surface area contributed by atoms with Crippen LogP contribution in [0, 0.1) is 0 Å². The molecule has 0 saturated carbocycles. The molecule has 2 aliphatic heterocycles. The van der Waals surface area contributed by atoms with Crippen LogP contribution in [0.5, 0.6) is 0 Å². The molecule has 3 rings (SSSR count). The van der Waals surface area contributed by atoms with Crippen molar-refractivity contribution >= 4 is 11.9 Å². The van der Waals surface area contributed by atoms with Crippen molar-refractivity contribution in [3.8, 4) is 0 Å². The summed E-state index contributed by atoms with van der Waals surface area (Å²) in [5.74, 6) is 0.210. The van der Waals surface area contributed by atoms with Gasteiger partial charge in [-0.1, -0.05) is 30.3 Å². The average molecular weight is 303 g/mol. The molecule has 6 heteroatoms. The minimum Gasteiger partial charge on any atom is -0.470 e. The van der Waals surface area contributed by atoms with Gasteiger partial charge in [-0.05, 0) is 11.6 Å². The van der Waals surface area contributed by atoms with Gasteiger partial charge in [0.05, 0.1) is 12.8 Å². The molecule has 2 aliphatic rings. The summed E-state index contributed by atoms with van der Waals surface area (Å²) in [4.78, 5) is 24.7. The topological polar surface area (TPSA) is 65.1 Å². The lowest BCUT2D eigenvalue weighted by atomic mass is 10.2. The van der Waals surface area contributed by atoms with Crippen molar-refractivity contribution in [2.75, 3.05) is 13.7 Å². The Kier molecular flexibility index (Phi) is 4.11. The number of fused-ring (bicyclic) bond motifs is 1. The summed E-state index contributed by atoms with van der Waals surface area (Å²) in [6, 6.07) is 9.39. The molecule has 2 heterocycles. The first-order chi connectivity index (χ1) is 10.7. The number of benzene rings is 1. The van der Waals surface area contributed by atoms with Crippen molar-refractivity contribution < 1.29 is 23.8 Å². The maximum Gasteiger partial charge on any atom is 0.310 e. The van der Waals surface area contributed by atoms with E-state index < -0.39 is 6.23 Å². The van der Waals surface area contributed by atoms with Crippen molar-refractivity contribution in [1.82, 2.24) is 4.90 Å². The maximum atomic E-state index is 11.7. The smallest absolute Gasteiger partial charge is 0.310 e. The number of amides is 1. The Labute approximate surface area is 128 Å². The van der Waals surface area contributed by atoms with Crippen molar-refractivity contribution in [2.24, 2.45) is 0 Å². The molecule has 2 fully saturated rings. The van der Waals surface area contributed by atoms with Gasteiger partial charge in [0.2, 0.25) is 5.91 Å². The van der Waals surface area contributed by atoms with E-state index in [1.807, 2.05) is 30.3 Å². The number of hydrogen-bond donors (Lipinski definition) is 0. The highest BCUT2D eigenvalue weighted by Gasteiger charge is 2.50. The molecule has 0 radical (unpaired) electrons. The zero-order valence-corrected chi connectivity index (χ0v) is 12.2. The van der Waals surface area contributed by atoms with Crippen LogP contribution in [0.3, 0.4) is 0 Å². The van der Waals surface area contributed by atoms with Crippen LogP contribution in [0.2, 0.25) is 0 Å². The molecule has 2 atom stereocenters. The fourth-order valence-electron chi connectivity index (χ4n) is 2.54. The van der Waals surface area contributed by atoms with Gasteiger partial charge in [-0.3, -0.25) is 14.5 Å². The van der Waals surface area contributed by atoms with E-state index in [1.54, 1.807) is 6.08 Å². The van der Waals surface area contributed by atoms with Crippen molar-refractivity contribution in [1.29, 1.82) is 0 Å². The third-order valence-corrected chi connectivity index (χ3v) is 3.66. The Balaban J connectivity index is 1.51. The molecule has 1 amide bonds. The lowest BCUT2D eigenvalue weighted by Gasteiger charge is -2.33. The zero-order valence-electron chi connectivity index (χ0n) is 12.2. The summed E-state index contributed by atoms with van der Waals surface area (Å²) in [6.45, 7) is 0.0929. The number of hydrogen-bond acceptors (Lipinski definition) is 5. The number of carbonyl (C=O) groups is 2. The molecular weight excluding hydrogens is 286 g/mol. The van der Waals surface area contributed by atoms with E-state index in [1.165, 1.54) is 12.0 Å². The molecule has 1 unspecified atom stereocenters. The predicted molar refractivity (Wildman–Crippen MR) is 76.3 cm³/mol. The van der Waals surface area contributed by atoms with Crippen LogP contribution in [0.15, 0.2) is 42.2 Å². The summed E-state index contributed by atoms with van der Waals surface area (Å²) in [7, 11) is 1.51. The molecule has 0 aromatic heterocycles. The first-order valence-electron chi connectivity index (χ1n) is 7.09. The summed E-state index contributed by atoms with van der Waals surface area (Å²) < 4.78 is 16.0. The van der Waals surface area contributed by atoms with E-state index in [4.69, 9.17) is 14.2 Å². The fourth-order valence-corrected chi connectivity index (χ4v) is 2.54. The summed E-state index contributed by atoms with van der Waals surface area (Å²) in [6.07, 6.45) is 1.47. The molecule has 2 saturated heterocycles. The molecule has 6 nitrogen and oxygen atoms in total. The SMILES string of the molecule is COC1C(=CCOC(=O)Cc2ccccc2)O[C@@H]2CC(=O)N12. The van der Waals surface area contributed by atoms with Crippen LogP contribution < -0.4 is 0 Å². The standard InChI is InChI=1S/C16H17NO5/c1-20-16-12(22-14-10-13(18)17(14)16)7-8-21-15(19)9-11-5-3-2-4-6-11/h2-7,14,16H,8-10H2,1H3/t14-,16?/m1/s1. The largest absolute Gasteiger partial charge is 0.470 e. The molecule has 116 valence electrons. The predicted octanol–water partition coefficient (Wildman–Crippen LogP) is 1.22. The number of ether oxygens (including phenoxy) is 3. The highest BCUT2D eigenvalue weighted by molar-refractivity contribution is 5.83. The van der Waals surface area contributed by atoms with Gasteiger partial charge < -0.3 is 14.2 Å². The van der Waals surface area contributed by atoms with E-state index >= 15 is 0 Å². The Morgan fingerprint density at radius 1 is 1.41 bits per heavy atom. The molecule has 1 aromatic carbocycles.